The summed E-state index contributed by atoms with van der Waals surface area (Å²) in [4.78, 5) is 51.8. The van der Waals surface area contributed by atoms with Crippen LogP contribution in [0.1, 0.15) is 58.8 Å². The number of hydrogen-bond donors (Lipinski definition) is 2. The van der Waals surface area contributed by atoms with Gasteiger partial charge in [-0.15, -0.1) is 23.1 Å². The van der Waals surface area contributed by atoms with E-state index in [4.69, 9.17) is 0 Å². The molecule has 1 aliphatic carbocycles. The number of rotatable bonds is 5. The monoisotopic (exact) mass is 476 g/mol. The number of carbonyl (C=O) groups excluding carboxylic acids is 2. The standard InChI is InChI=1S/C21H24N4O3S3/c1-9-10(2)30-19-15(9)18(28)23-14(24-19)8-29-11(3)17(27)25-20-22-12-6-21(4,5)7-13(26)16(12)31-20/h11H,6-8H2,1-5H3,(H,22,25,27)(H,23,24,28). The van der Waals surface area contributed by atoms with Crippen LogP contribution in [0.3, 0.4) is 0 Å². The van der Waals surface area contributed by atoms with Gasteiger partial charge in [0.1, 0.15) is 10.7 Å². The number of amides is 1. The molecule has 1 atom stereocenters. The van der Waals surface area contributed by atoms with Gasteiger partial charge in [-0.2, -0.15) is 0 Å². The highest BCUT2D eigenvalue weighted by atomic mass is 32.2. The molecule has 0 aliphatic heterocycles. The topological polar surface area (TPSA) is 105 Å². The van der Waals surface area contributed by atoms with E-state index in [1.54, 1.807) is 6.92 Å². The normalized spacial score (nSPS) is 16.4. The van der Waals surface area contributed by atoms with Crippen LogP contribution in [0.4, 0.5) is 5.13 Å². The minimum atomic E-state index is -0.374. The molecule has 1 unspecified atom stereocenters. The largest absolute Gasteiger partial charge is 0.309 e. The molecule has 4 rings (SSSR count). The van der Waals surface area contributed by atoms with E-state index in [0.29, 0.717) is 33.4 Å². The summed E-state index contributed by atoms with van der Waals surface area (Å²) in [6.45, 7) is 9.82. The molecule has 10 heteroatoms. The molecule has 1 aliphatic rings. The zero-order valence-corrected chi connectivity index (χ0v) is 20.5. The third kappa shape index (κ3) is 4.47. The van der Waals surface area contributed by atoms with Gasteiger partial charge in [0.2, 0.25) is 5.91 Å². The maximum atomic E-state index is 12.6. The molecular weight excluding hydrogens is 452 g/mol. The number of nitrogens with one attached hydrogen (secondary N) is 2. The predicted molar refractivity (Wildman–Crippen MR) is 128 cm³/mol. The van der Waals surface area contributed by atoms with Crippen LogP contribution in [-0.2, 0) is 17.0 Å². The molecule has 164 valence electrons. The van der Waals surface area contributed by atoms with Gasteiger partial charge in [-0.05, 0) is 38.2 Å². The fraction of sp³-hybridized carbons (Fsp3) is 0.476. The van der Waals surface area contributed by atoms with Crippen molar-refractivity contribution in [2.75, 3.05) is 5.32 Å². The Morgan fingerprint density at radius 2 is 1.97 bits per heavy atom. The van der Waals surface area contributed by atoms with Gasteiger partial charge in [-0.1, -0.05) is 25.2 Å². The fourth-order valence-electron chi connectivity index (χ4n) is 3.63. The second-order valence-corrected chi connectivity index (χ2v) is 12.2. The van der Waals surface area contributed by atoms with Crippen molar-refractivity contribution in [3.05, 3.63) is 37.2 Å². The molecule has 0 aromatic carbocycles. The van der Waals surface area contributed by atoms with E-state index in [9.17, 15) is 14.4 Å². The first-order valence-electron chi connectivity index (χ1n) is 9.98. The average Bonchev–Trinajstić information content (AvgIpc) is 3.19. The quantitative estimate of drug-likeness (QED) is 0.563. The van der Waals surface area contributed by atoms with E-state index in [1.165, 1.54) is 34.4 Å². The smallest absolute Gasteiger partial charge is 0.259 e. The number of aromatic nitrogens is 3. The zero-order chi connectivity index (χ0) is 22.5. The van der Waals surface area contributed by atoms with E-state index >= 15 is 0 Å². The molecular formula is C21H24N4O3S3. The lowest BCUT2D eigenvalue weighted by molar-refractivity contribution is -0.115. The number of thiazole rings is 1. The molecule has 2 N–H and O–H groups in total. The maximum Gasteiger partial charge on any atom is 0.259 e. The summed E-state index contributed by atoms with van der Waals surface area (Å²) in [5, 5.41) is 3.58. The zero-order valence-electron chi connectivity index (χ0n) is 18.0. The highest BCUT2D eigenvalue weighted by Crippen LogP contribution is 2.38. The summed E-state index contributed by atoms with van der Waals surface area (Å²) in [7, 11) is 0. The molecule has 0 spiro atoms. The molecule has 0 fully saturated rings. The van der Waals surface area contributed by atoms with Crippen LogP contribution < -0.4 is 10.9 Å². The van der Waals surface area contributed by atoms with Crippen LogP contribution >= 0.6 is 34.4 Å². The molecule has 3 heterocycles. The Labute approximate surface area is 192 Å². The Kier molecular flexibility index (Phi) is 5.82. The van der Waals surface area contributed by atoms with Crippen molar-refractivity contribution in [3.8, 4) is 0 Å². The van der Waals surface area contributed by atoms with Gasteiger partial charge < -0.3 is 10.3 Å². The molecule has 0 bridgehead atoms. The minimum absolute atomic E-state index is 0.0937. The number of thiophene rings is 1. The molecule has 3 aromatic rings. The maximum absolute atomic E-state index is 12.6. The molecule has 0 radical (unpaired) electrons. The van der Waals surface area contributed by atoms with E-state index < -0.39 is 0 Å². The molecule has 0 saturated carbocycles. The Hall–Kier alpha value is -2.04. The lowest BCUT2D eigenvalue weighted by Crippen LogP contribution is -2.26. The van der Waals surface area contributed by atoms with Gasteiger partial charge in [0.15, 0.2) is 10.9 Å². The van der Waals surface area contributed by atoms with Crippen molar-refractivity contribution in [2.45, 2.75) is 58.5 Å². The van der Waals surface area contributed by atoms with Gasteiger partial charge >= 0.3 is 0 Å². The first kappa shape index (κ1) is 22.2. The van der Waals surface area contributed by atoms with Crippen LogP contribution in [0, 0.1) is 19.3 Å². The van der Waals surface area contributed by atoms with Crippen LogP contribution in [0.2, 0.25) is 0 Å². The fourth-order valence-corrected chi connectivity index (χ4v) is 6.35. The number of ketones is 1. The summed E-state index contributed by atoms with van der Waals surface area (Å²) >= 11 is 4.15. The first-order valence-corrected chi connectivity index (χ1v) is 12.7. The van der Waals surface area contributed by atoms with Crippen LogP contribution in [0.25, 0.3) is 10.2 Å². The van der Waals surface area contributed by atoms with Crippen molar-refractivity contribution < 1.29 is 9.59 Å². The summed E-state index contributed by atoms with van der Waals surface area (Å²) in [6.07, 6.45) is 1.23. The second-order valence-electron chi connectivity index (χ2n) is 8.65. The lowest BCUT2D eigenvalue weighted by atomic mass is 9.78. The molecule has 7 nitrogen and oxygen atoms in total. The van der Waals surface area contributed by atoms with Crippen molar-refractivity contribution in [1.29, 1.82) is 0 Å². The number of Topliss-reactive ketones (excluding diaryl/α,β-unsaturated/α-hetero) is 1. The number of hydrogen-bond acceptors (Lipinski definition) is 8. The van der Waals surface area contributed by atoms with E-state index in [1.807, 2.05) is 13.8 Å². The second kappa shape index (κ2) is 8.14. The molecule has 0 saturated heterocycles. The Balaban J connectivity index is 1.41. The first-order chi connectivity index (χ1) is 14.5. The van der Waals surface area contributed by atoms with Gasteiger partial charge in [0.25, 0.3) is 5.56 Å². The number of fused-ring (bicyclic) bond motifs is 2. The van der Waals surface area contributed by atoms with E-state index in [-0.39, 0.29) is 27.9 Å². The highest BCUT2D eigenvalue weighted by molar-refractivity contribution is 7.99. The summed E-state index contributed by atoms with van der Waals surface area (Å²) in [6, 6.07) is 0. The number of H-pyrrole nitrogens is 1. The number of aromatic amines is 1. The van der Waals surface area contributed by atoms with Crippen LogP contribution in [0.5, 0.6) is 0 Å². The van der Waals surface area contributed by atoms with Crippen LogP contribution in [-0.4, -0.2) is 31.9 Å². The number of thioether (sulfide) groups is 1. The third-order valence-corrected chi connectivity index (χ3v) is 8.70. The number of anilines is 1. The Morgan fingerprint density at radius 1 is 1.23 bits per heavy atom. The van der Waals surface area contributed by atoms with Gasteiger partial charge in [-0.25, -0.2) is 9.97 Å². The summed E-state index contributed by atoms with van der Waals surface area (Å²) in [5.41, 5.74) is 1.50. The average molecular weight is 477 g/mol. The van der Waals surface area contributed by atoms with Gasteiger partial charge in [0.05, 0.1) is 27.0 Å². The molecule has 31 heavy (non-hydrogen) atoms. The van der Waals surface area contributed by atoms with E-state index in [2.05, 4.69) is 34.1 Å². The lowest BCUT2D eigenvalue weighted by Gasteiger charge is -2.26. The van der Waals surface area contributed by atoms with Crippen molar-refractivity contribution in [2.24, 2.45) is 5.41 Å². The number of nitrogens with zero attached hydrogens (tertiary/aromatic N) is 2. The summed E-state index contributed by atoms with van der Waals surface area (Å²) in [5.74, 6) is 0.878. The Morgan fingerprint density at radius 3 is 2.71 bits per heavy atom. The van der Waals surface area contributed by atoms with Gasteiger partial charge in [0, 0.05) is 11.3 Å². The van der Waals surface area contributed by atoms with Crippen LogP contribution in [0.15, 0.2) is 4.79 Å². The third-order valence-electron chi connectivity index (χ3n) is 5.39. The molecule has 3 aromatic heterocycles. The van der Waals surface area contributed by atoms with Crippen molar-refractivity contribution in [3.63, 3.8) is 0 Å². The highest BCUT2D eigenvalue weighted by Gasteiger charge is 2.34. The van der Waals surface area contributed by atoms with Crippen molar-refractivity contribution >= 4 is 61.5 Å². The van der Waals surface area contributed by atoms with E-state index in [0.717, 1.165) is 27.4 Å². The predicted octanol–water partition coefficient (Wildman–Crippen LogP) is 4.47. The number of aryl methyl sites for hydroxylation is 2. The molecule has 1 amide bonds. The Bertz CT molecular complexity index is 1250. The minimum Gasteiger partial charge on any atom is -0.309 e. The van der Waals surface area contributed by atoms with Gasteiger partial charge in [-0.3, -0.25) is 14.4 Å². The SMILES string of the molecule is Cc1sc2nc(CSC(C)C(=O)Nc3nc4c(s3)C(=O)CC(C)(C)C4)[nH]c(=O)c2c1C. The van der Waals surface area contributed by atoms with Crippen molar-refractivity contribution in [1.82, 2.24) is 15.0 Å². The number of carbonyl (C=O) groups is 2. The summed E-state index contributed by atoms with van der Waals surface area (Å²) < 4.78 is 0.